The number of nitrogens with one attached hydrogen (secondary N) is 1. The van der Waals surface area contributed by atoms with Crippen molar-refractivity contribution < 1.29 is 4.52 Å². The number of rotatable bonds is 3. The van der Waals surface area contributed by atoms with Crippen LogP contribution in [-0.4, -0.2) is 5.16 Å². The lowest BCUT2D eigenvalue weighted by molar-refractivity contribution is 0.385. The Balaban J connectivity index is 1.69. The van der Waals surface area contributed by atoms with Gasteiger partial charge in [-0.25, -0.2) is 0 Å². The summed E-state index contributed by atoms with van der Waals surface area (Å²) in [5.74, 6) is 0.853. The standard InChI is InChI=1S/C14H17N3O/c1-9-6-12(17-18-9)8-16-14-5-2-10-7-11(15)3-4-13(10)14/h3-4,6-7,14,16H,2,5,8,15H2,1H3. The van der Waals surface area contributed by atoms with Gasteiger partial charge in [-0.2, -0.15) is 0 Å². The van der Waals surface area contributed by atoms with Gasteiger partial charge in [0.25, 0.3) is 0 Å². The Morgan fingerprint density at radius 3 is 3.11 bits per heavy atom. The highest BCUT2D eigenvalue weighted by atomic mass is 16.5. The fourth-order valence-electron chi connectivity index (χ4n) is 2.58. The number of fused-ring (bicyclic) bond motifs is 1. The van der Waals surface area contributed by atoms with Crippen LogP contribution in [0.2, 0.25) is 0 Å². The van der Waals surface area contributed by atoms with Crippen LogP contribution in [0.15, 0.2) is 28.8 Å². The highest BCUT2D eigenvalue weighted by molar-refractivity contribution is 5.47. The van der Waals surface area contributed by atoms with Gasteiger partial charge in [0.1, 0.15) is 5.76 Å². The van der Waals surface area contributed by atoms with E-state index in [9.17, 15) is 0 Å². The van der Waals surface area contributed by atoms with Gasteiger partial charge in [-0.3, -0.25) is 0 Å². The third-order valence-corrected chi connectivity index (χ3v) is 3.45. The summed E-state index contributed by atoms with van der Waals surface area (Å²) in [6, 6.07) is 8.54. The summed E-state index contributed by atoms with van der Waals surface area (Å²) in [5, 5.41) is 7.51. The van der Waals surface area contributed by atoms with E-state index in [-0.39, 0.29) is 0 Å². The van der Waals surface area contributed by atoms with Gasteiger partial charge >= 0.3 is 0 Å². The molecule has 0 fully saturated rings. The second-order valence-electron chi connectivity index (χ2n) is 4.86. The zero-order valence-electron chi connectivity index (χ0n) is 10.4. The van der Waals surface area contributed by atoms with Crippen LogP contribution in [0.4, 0.5) is 5.69 Å². The molecule has 4 heteroatoms. The number of aromatic nitrogens is 1. The SMILES string of the molecule is Cc1cc(CNC2CCc3cc(N)ccc32)no1. The van der Waals surface area contributed by atoms with Gasteiger partial charge in [0.2, 0.25) is 0 Å². The summed E-state index contributed by atoms with van der Waals surface area (Å²) >= 11 is 0. The van der Waals surface area contributed by atoms with Crippen molar-refractivity contribution in [1.82, 2.24) is 10.5 Å². The van der Waals surface area contributed by atoms with E-state index in [4.69, 9.17) is 10.3 Å². The molecule has 4 nitrogen and oxygen atoms in total. The van der Waals surface area contributed by atoms with E-state index in [2.05, 4.69) is 22.6 Å². The van der Waals surface area contributed by atoms with Crippen LogP contribution < -0.4 is 11.1 Å². The van der Waals surface area contributed by atoms with Crippen molar-refractivity contribution in [3.05, 3.63) is 46.8 Å². The van der Waals surface area contributed by atoms with Crippen LogP contribution >= 0.6 is 0 Å². The minimum absolute atomic E-state index is 0.401. The van der Waals surface area contributed by atoms with Crippen LogP contribution in [0.3, 0.4) is 0 Å². The van der Waals surface area contributed by atoms with Gasteiger partial charge in [-0.15, -0.1) is 0 Å². The molecular weight excluding hydrogens is 226 g/mol. The third kappa shape index (κ3) is 2.11. The van der Waals surface area contributed by atoms with Gasteiger partial charge in [0.05, 0.1) is 5.69 Å². The number of hydrogen-bond acceptors (Lipinski definition) is 4. The maximum absolute atomic E-state index is 5.80. The van der Waals surface area contributed by atoms with Crippen molar-refractivity contribution in [2.45, 2.75) is 32.4 Å². The molecule has 2 aromatic rings. The summed E-state index contributed by atoms with van der Waals surface area (Å²) in [7, 11) is 0. The van der Waals surface area contributed by atoms with E-state index in [1.54, 1.807) is 0 Å². The average molecular weight is 243 g/mol. The fourth-order valence-corrected chi connectivity index (χ4v) is 2.58. The molecule has 18 heavy (non-hydrogen) atoms. The number of benzene rings is 1. The first-order valence-electron chi connectivity index (χ1n) is 6.26. The first-order valence-corrected chi connectivity index (χ1v) is 6.26. The first kappa shape index (κ1) is 11.3. The van der Waals surface area contributed by atoms with Crippen LogP contribution in [-0.2, 0) is 13.0 Å². The van der Waals surface area contributed by atoms with E-state index in [0.717, 1.165) is 36.5 Å². The number of nitrogen functional groups attached to an aromatic ring is 1. The van der Waals surface area contributed by atoms with Crippen molar-refractivity contribution in [2.75, 3.05) is 5.73 Å². The minimum Gasteiger partial charge on any atom is -0.399 e. The maximum Gasteiger partial charge on any atom is 0.133 e. The molecular formula is C14H17N3O. The van der Waals surface area contributed by atoms with Crippen molar-refractivity contribution in [3.63, 3.8) is 0 Å². The summed E-state index contributed by atoms with van der Waals surface area (Å²) in [6.07, 6.45) is 2.21. The molecule has 0 amide bonds. The van der Waals surface area contributed by atoms with Gasteiger partial charge in [0.15, 0.2) is 0 Å². The van der Waals surface area contributed by atoms with Gasteiger partial charge in [-0.05, 0) is 43.0 Å². The van der Waals surface area contributed by atoms with Crippen molar-refractivity contribution in [3.8, 4) is 0 Å². The number of nitrogens with zero attached hydrogens (tertiary/aromatic N) is 1. The molecule has 0 aliphatic heterocycles. The number of anilines is 1. The number of aryl methyl sites for hydroxylation is 2. The summed E-state index contributed by atoms with van der Waals surface area (Å²) in [4.78, 5) is 0. The van der Waals surface area contributed by atoms with Crippen molar-refractivity contribution in [1.29, 1.82) is 0 Å². The largest absolute Gasteiger partial charge is 0.399 e. The molecule has 0 bridgehead atoms. The highest BCUT2D eigenvalue weighted by Crippen LogP contribution is 2.32. The second-order valence-corrected chi connectivity index (χ2v) is 4.86. The van der Waals surface area contributed by atoms with Crippen LogP contribution in [0.5, 0.6) is 0 Å². The minimum atomic E-state index is 0.401. The van der Waals surface area contributed by atoms with Crippen molar-refractivity contribution in [2.24, 2.45) is 0 Å². The average Bonchev–Trinajstić information content (AvgIpc) is 2.92. The molecule has 1 aromatic heterocycles. The molecule has 1 unspecified atom stereocenters. The molecule has 1 aromatic carbocycles. The molecule has 1 atom stereocenters. The van der Waals surface area contributed by atoms with E-state index in [0.29, 0.717) is 6.04 Å². The topological polar surface area (TPSA) is 64.1 Å². The molecule has 0 saturated carbocycles. The molecule has 3 rings (SSSR count). The molecule has 0 radical (unpaired) electrons. The predicted octanol–water partition coefficient (Wildman–Crippen LogP) is 2.34. The molecule has 1 heterocycles. The molecule has 3 N–H and O–H groups in total. The quantitative estimate of drug-likeness (QED) is 0.812. The number of nitrogens with two attached hydrogens (primary N) is 1. The Kier molecular flexibility index (Phi) is 2.80. The summed E-state index contributed by atoms with van der Waals surface area (Å²) in [5.41, 5.74) is 10.3. The van der Waals surface area contributed by atoms with E-state index >= 15 is 0 Å². The molecule has 94 valence electrons. The maximum atomic E-state index is 5.80. The van der Waals surface area contributed by atoms with Gasteiger partial charge in [0, 0.05) is 24.3 Å². The van der Waals surface area contributed by atoms with Crippen molar-refractivity contribution >= 4 is 5.69 Å². The van der Waals surface area contributed by atoms with E-state index in [1.165, 1.54) is 11.1 Å². The summed E-state index contributed by atoms with van der Waals surface area (Å²) < 4.78 is 5.06. The normalized spacial score (nSPS) is 17.9. The zero-order chi connectivity index (χ0) is 12.5. The van der Waals surface area contributed by atoms with Crippen LogP contribution in [0.25, 0.3) is 0 Å². The van der Waals surface area contributed by atoms with Crippen LogP contribution in [0.1, 0.15) is 35.0 Å². The lowest BCUT2D eigenvalue weighted by Gasteiger charge is -2.12. The first-order chi connectivity index (χ1) is 8.72. The Hall–Kier alpha value is -1.81. The Morgan fingerprint density at radius 2 is 2.33 bits per heavy atom. The Labute approximate surface area is 106 Å². The highest BCUT2D eigenvalue weighted by Gasteiger charge is 2.22. The third-order valence-electron chi connectivity index (χ3n) is 3.45. The van der Waals surface area contributed by atoms with Gasteiger partial charge in [-0.1, -0.05) is 11.2 Å². The Bertz CT molecular complexity index is 562. The van der Waals surface area contributed by atoms with Gasteiger partial charge < -0.3 is 15.6 Å². The lowest BCUT2D eigenvalue weighted by Crippen LogP contribution is -2.18. The molecule has 1 aliphatic carbocycles. The second kappa shape index (κ2) is 4.46. The number of hydrogen-bond donors (Lipinski definition) is 2. The Morgan fingerprint density at radius 1 is 1.44 bits per heavy atom. The van der Waals surface area contributed by atoms with Crippen LogP contribution in [0, 0.1) is 6.92 Å². The smallest absolute Gasteiger partial charge is 0.133 e. The van der Waals surface area contributed by atoms with E-state index < -0.39 is 0 Å². The predicted molar refractivity (Wildman–Crippen MR) is 70.0 cm³/mol. The summed E-state index contributed by atoms with van der Waals surface area (Å²) in [6.45, 7) is 2.65. The molecule has 0 saturated heterocycles. The zero-order valence-corrected chi connectivity index (χ0v) is 10.4. The molecule has 1 aliphatic rings. The fraction of sp³-hybridized carbons (Fsp3) is 0.357. The lowest BCUT2D eigenvalue weighted by atomic mass is 10.1. The van der Waals surface area contributed by atoms with E-state index in [1.807, 2.05) is 19.1 Å². The molecule has 0 spiro atoms. The monoisotopic (exact) mass is 243 g/mol.